The Balaban J connectivity index is 1.98. The van der Waals surface area contributed by atoms with Gasteiger partial charge in [-0.3, -0.25) is 0 Å². The lowest BCUT2D eigenvalue weighted by Crippen LogP contribution is -2.13. The molecule has 0 spiro atoms. The Kier molecular flexibility index (Phi) is 4.79. The Morgan fingerprint density at radius 3 is 2.47 bits per heavy atom. The number of thiophene rings is 1. The van der Waals surface area contributed by atoms with E-state index in [0.717, 1.165) is 13.8 Å². The van der Waals surface area contributed by atoms with Gasteiger partial charge >= 0.3 is 0 Å². The summed E-state index contributed by atoms with van der Waals surface area (Å²) in [5, 5.41) is 10.1. The van der Waals surface area contributed by atoms with E-state index in [1.54, 1.807) is 11.3 Å². The molecule has 0 saturated carbocycles. The van der Waals surface area contributed by atoms with Crippen molar-refractivity contribution in [3.8, 4) is 0 Å². The van der Waals surface area contributed by atoms with Crippen molar-refractivity contribution < 1.29 is 5.11 Å². The molecule has 0 radical (unpaired) electrons. The molecule has 1 unspecified atom stereocenters. The van der Waals surface area contributed by atoms with Gasteiger partial charge in [-0.2, -0.15) is 0 Å². The second kappa shape index (κ2) is 6.14. The van der Waals surface area contributed by atoms with Gasteiger partial charge in [0.1, 0.15) is 0 Å². The van der Waals surface area contributed by atoms with E-state index >= 15 is 0 Å². The third kappa shape index (κ3) is 3.91. The molecule has 0 aliphatic rings. The first kappa shape index (κ1) is 13.3. The van der Waals surface area contributed by atoms with Gasteiger partial charge in [0.15, 0.2) is 0 Å². The number of rotatable bonds is 4. The van der Waals surface area contributed by atoms with Crippen LogP contribution in [0.4, 0.5) is 0 Å². The molecule has 0 aliphatic carbocycles. The fourth-order valence-corrected chi connectivity index (χ4v) is 3.68. The molecule has 4 heteroatoms. The van der Waals surface area contributed by atoms with Crippen LogP contribution in [0.5, 0.6) is 0 Å². The monoisotopic (exact) mass is 374 g/mol. The van der Waals surface area contributed by atoms with Crippen molar-refractivity contribution >= 4 is 43.2 Å². The minimum absolute atomic E-state index is 0.334. The van der Waals surface area contributed by atoms with Gasteiger partial charge in [-0.05, 0) is 46.1 Å². The highest BCUT2D eigenvalue weighted by molar-refractivity contribution is 9.11. The van der Waals surface area contributed by atoms with Gasteiger partial charge in [-0.1, -0.05) is 34.1 Å². The van der Waals surface area contributed by atoms with Crippen LogP contribution in [-0.2, 0) is 12.8 Å². The summed E-state index contributed by atoms with van der Waals surface area (Å²) in [6.45, 7) is 0. The Bertz CT molecular complexity index is 496. The van der Waals surface area contributed by atoms with Gasteiger partial charge in [0.05, 0.1) is 9.89 Å². The third-order valence-corrected chi connectivity index (χ3v) is 4.90. The quantitative estimate of drug-likeness (QED) is 0.838. The highest BCUT2D eigenvalue weighted by Gasteiger charge is 2.10. The fourth-order valence-electron chi connectivity index (χ4n) is 1.68. The molecule has 1 heterocycles. The molecule has 1 aromatic carbocycles. The third-order valence-electron chi connectivity index (χ3n) is 2.48. The number of hydrogen-bond acceptors (Lipinski definition) is 2. The molecular weight excluding hydrogens is 364 g/mol. The Morgan fingerprint density at radius 2 is 1.82 bits per heavy atom. The molecule has 17 heavy (non-hydrogen) atoms. The van der Waals surface area contributed by atoms with Crippen molar-refractivity contribution in [1.29, 1.82) is 0 Å². The number of aliphatic hydroxyl groups is 1. The summed E-state index contributed by atoms with van der Waals surface area (Å²) in [7, 11) is 0. The maximum Gasteiger partial charge on any atom is 0.0701 e. The molecular formula is C13H12Br2OS. The summed E-state index contributed by atoms with van der Waals surface area (Å²) in [5.41, 5.74) is 1.15. The molecule has 0 bridgehead atoms. The molecule has 90 valence electrons. The topological polar surface area (TPSA) is 20.2 Å². The molecule has 0 amide bonds. The number of aliphatic hydroxyl groups excluding tert-OH is 1. The molecule has 0 fully saturated rings. The van der Waals surface area contributed by atoms with Crippen LogP contribution in [0.15, 0.2) is 44.7 Å². The largest absolute Gasteiger partial charge is 0.392 e. The van der Waals surface area contributed by atoms with E-state index in [1.807, 2.05) is 30.3 Å². The highest BCUT2D eigenvalue weighted by Crippen LogP contribution is 2.24. The van der Waals surface area contributed by atoms with E-state index in [1.165, 1.54) is 4.88 Å². The van der Waals surface area contributed by atoms with Gasteiger partial charge in [0.25, 0.3) is 0 Å². The first-order chi connectivity index (χ1) is 8.15. The van der Waals surface area contributed by atoms with E-state index in [0.29, 0.717) is 12.8 Å². The Morgan fingerprint density at radius 1 is 1.06 bits per heavy atom. The molecule has 1 nitrogen and oxygen atoms in total. The van der Waals surface area contributed by atoms with Crippen LogP contribution < -0.4 is 0 Å². The molecule has 1 N–H and O–H groups in total. The van der Waals surface area contributed by atoms with Gasteiger partial charge < -0.3 is 5.11 Å². The maximum absolute atomic E-state index is 10.1. The lowest BCUT2D eigenvalue weighted by Gasteiger charge is -2.10. The predicted octanol–water partition coefficient (Wildman–Crippen LogP) is 4.42. The molecule has 0 saturated heterocycles. The zero-order chi connectivity index (χ0) is 12.3. The standard InChI is InChI=1S/C13H12Br2OS/c14-12-4-2-1-3-9(12)7-10(16)8-11-5-6-13(15)17-11/h1-6,10,16H,7-8H2. The van der Waals surface area contributed by atoms with Crippen molar-refractivity contribution in [1.82, 2.24) is 0 Å². The summed E-state index contributed by atoms with van der Waals surface area (Å²) in [6, 6.07) is 12.1. The zero-order valence-electron chi connectivity index (χ0n) is 9.07. The molecule has 1 atom stereocenters. The van der Waals surface area contributed by atoms with Crippen LogP contribution in [0.2, 0.25) is 0 Å². The van der Waals surface area contributed by atoms with Crippen LogP contribution in [0.1, 0.15) is 10.4 Å². The number of benzene rings is 1. The van der Waals surface area contributed by atoms with Crippen LogP contribution in [0.3, 0.4) is 0 Å². The average molecular weight is 376 g/mol. The van der Waals surface area contributed by atoms with Crippen LogP contribution in [0.25, 0.3) is 0 Å². The molecule has 2 aromatic rings. The summed E-state index contributed by atoms with van der Waals surface area (Å²) in [5.74, 6) is 0. The Labute approximate surface area is 122 Å². The van der Waals surface area contributed by atoms with Crippen molar-refractivity contribution in [2.75, 3.05) is 0 Å². The SMILES string of the molecule is OC(Cc1ccc(Br)s1)Cc1ccccc1Br. The van der Waals surface area contributed by atoms with Crippen LogP contribution >= 0.6 is 43.2 Å². The summed E-state index contributed by atoms with van der Waals surface area (Å²) < 4.78 is 2.17. The van der Waals surface area contributed by atoms with Gasteiger partial charge in [0.2, 0.25) is 0 Å². The molecule has 0 aliphatic heterocycles. The van der Waals surface area contributed by atoms with Crippen molar-refractivity contribution in [3.05, 3.63) is 55.1 Å². The zero-order valence-corrected chi connectivity index (χ0v) is 13.1. The van der Waals surface area contributed by atoms with Crippen LogP contribution in [0, 0.1) is 0 Å². The predicted molar refractivity (Wildman–Crippen MR) is 79.6 cm³/mol. The maximum atomic E-state index is 10.1. The van der Waals surface area contributed by atoms with E-state index in [9.17, 15) is 5.11 Å². The normalized spacial score (nSPS) is 12.6. The smallest absolute Gasteiger partial charge is 0.0701 e. The van der Waals surface area contributed by atoms with E-state index in [4.69, 9.17) is 0 Å². The first-order valence-corrected chi connectivity index (χ1v) is 7.71. The van der Waals surface area contributed by atoms with Gasteiger partial charge in [0, 0.05) is 15.8 Å². The second-order valence-electron chi connectivity index (χ2n) is 3.86. The van der Waals surface area contributed by atoms with Gasteiger partial charge in [-0.15, -0.1) is 11.3 Å². The average Bonchev–Trinajstić information content (AvgIpc) is 2.67. The molecule has 2 rings (SSSR count). The second-order valence-corrected chi connectivity index (χ2v) is 7.26. The minimum Gasteiger partial charge on any atom is -0.392 e. The fraction of sp³-hybridized carbons (Fsp3) is 0.231. The van der Waals surface area contributed by atoms with Crippen molar-refractivity contribution in [2.45, 2.75) is 18.9 Å². The molecule has 1 aromatic heterocycles. The minimum atomic E-state index is -0.334. The summed E-state index contributed by atoms with van der Waals surface area (Å²) in [6.07, 6.45) is 1.05. The first-order valence-electron chi connectivity index (χ1n) is 5.31. The number of hydrogen-bond donors (Lipinski definition) is 1. The summed E-state index contributed by atoms with van der Waals surface area (Å²) in [4.78, 5) is 1.21. The van der Waals surface area contributed by atoms with Crippen LogP contribution in [-0.4, -0.2) is 11.2 Å². The highest BCUT2D eigenvalue weighted by atomic mass is 79.9. The Hall–Kier alpha value is -0.160. The van der Waals surface area contributed by atoms with Gasteiger partial charge in [-0.25, -0.2) is 0 Å². The van der Waals surface area contributed by atoms with Crippen molar-refractivity contribution in [3.63, 3.8) is 0 Å². The lowest BCUT2D eigenvalue weighted by atomic mass is 10.1. The van der Waals surface area contributed by atoms with E-state index in [2.05, 4.69) is 37.9 Å². The van der Waals surface area contributed by atoms with E-state index in [-0.39, 0.29) is 6.10 Å². The summed E-state index contributed by atoms with van der Waals surface area (Å²) >= 11 is 8.60. The van der Waals surface area contributed by atoms with E-state index < -0.39 is 0 Å². The number of halogens is 2. The van der Waals surface area contributed by atoms with Crippen molar-refractivity contribution in [2.24, 2.45) is 0 Å². The lowest BCUT2D eigenvalue weighted by molar-refractivity contribution is 0.176.